The average Bonchev–Trinajstić information content (AvgIpc) is 2.01. The molecule has 0 saturated heterocycles. The lowest BCUT2D eigenvalue weighted by atomic mass is 9.99. The summed E-state index contributed by atoms with van der Waals surface area (Å²) in [6.45, 7) is 5.38. The van der Waals surface area contributed by atoms with Gasteiger partial charge in [0.05, 0.1) is 5.57 Å². The van der Waals surface area contributed by atoms with E-state index in [1.165, 1.54) is 0 Å². The van der Waals surface area contributed by atoms with E-state index in [2.05, 4.69) is 6.58 Å². The van der Waals surface area contributed by atoms with Crippen LogP contribution in [0.2, 0.25) is 0 Å². The van der Waals surface area contributed by atoms with Crippen LogP contribution in [0.3, 0.4) is 0 Å². The predicted octanol–water partition coefficient (Wildman–Crippen LogP) is 1.87. The van der Waals surface area contributed by atoms with Gasteiger partial charge in [0.1, 0.15) is 5.57 Å². The molecule has 0 aromatic heterocycles. The summed E-state index contributed by atoms with van der Waals surface area (Å²) < 4.78 is 30.8. The molecule has 1 rings (SSSR count). The van der Waals surface area contributed by atoms with Crippen molar-refractivity contribution >= 4 is 10.1 Å². The van der Waals surface area contributed by atoms with Crippen molar-refractivity contribution in [3.8, 4) is 0 Å². The SMILES string of the molecule is C=C1C=CC=C(CC)[C+]1S(=O)(=O)O. The monoisotopic (exact) mass is 199 g/mol. The normalized spacial score (nSPS) is 17.5. The summed E-state index contributed by atoms with van der Waals surface area (Å²) in [4.78, 5) is 0. The van der Waals surface area contributed by atoms with Gasteiger partial charge in [-0.15, -0.1) is 0 Å². The van der Waals surface area contributed by atoms with Crippen molar-refractivity contribution < 1.29 is 13.0 Å². The molecule has 1 aliphatic carbocycles. The second-order valence-electron chi connectivity index (χ2n) is 2.73. The Morgan fingerprint density at radius 3 is 2.62 bits per heavy atom. The highest BCUT2D eigenvalue weighted by molar-refractivity contribution is 7.89. The van der Waals surface area contributed by atoms with Gasteiger partial charge in [0.15, 0.2) is 5.25 Å². The quantitative estimate of drug-likeness (QED) is 0.545. The van der Waals surface area contributed by atoms with E-state index in [9.17, 15) is 8.42 Å². The highest BCUT2D eigenvalue weighted by atomic mass is 32.2. The third-order valence-electron chi connectivity index (χ3n) is 1.82. The van der Waals surface area contributed by atoms with E-state index in [0.717, 1.165) is 0 Å². The summed E-state index contributed by atoms with van der Waals surface area (Å²) in [6.07, 6.45) is 5.49. The summed E-state index contributed by atoms with van der Waals surface area (Å²) in [6, 6.07) is 0. The van der Waals surface area contributed by atoms with Gasteiger partial charge in [-0.2, -0.15) is 8.42 Å². The van der Waals surface area contributed by atoms with Gasteiger partial charge in [0.25, 0.3) is 0 Å². The molecule has 1 aliphatic rings. The molecule has 70 valence electrons. The largest absolute Gasteiger partial charge is 0.331 e. The molecule has 0 bridgehead atoms. The third-order valence-corrected chi connectivity index (χ3v) is 2.86. The lowest BCUT2D eigenvalue weighted by Crippen LogP contribution is -2.16. The molecule has 0 fully saturated rings. The molecule has 13 heavy (non-hydrogen) atoms. The molecule has 3 nitrogen and oxygen atoms in total. The van der Waals surface area contributed by atoms with Crippen molar-refractivity contribution in [3.63, 3.8) is 0 Å². The maximum Gasteiger partial charge on any atom is 0.331 e. The lowest BCUT2D eigenvalue weighted by Gasteiger charge is -2.11. The predicted molar refractivity (Wildman–Crippen MR) is 51.4 cm³/mol. The smallest absolute Gasteiger partial charge is 0.274 e. The summed E-state index contributed by atoms with van der Waals surface area (Å²) >= 11 is 0. The fraction of sp³-hybridized carbons (Fsp3) is 0.222. The first-order valence-corrected chi connectivity index (χ1v) is 5.32. The Morgan fingerprint density at radius 2 is 2.23 bits per heavy atom. The van der Waals surface area contributed by atoms with E-state index in [0.29, 0.717) is 17.6 Å². The van der Waals surface area contributed by atoms with Gasteiger partial charge in [-0.25, -0.2) is 0 Å². The van der Waals surface area contributed by atoms with Crippen molar-refractivity contribution in [3.05, 3.63) is 41.2 Å². The molecule has 0 amide bonds. The summed E-state index contributed by atoms with van der Waals surface area (Å²) in [7, 11) is -4.14. The molecular formula is C9H11O3S+. The van der Waals surface area contributed by atoms with Crippen LogP contribution in [0.4, 0.5) is 0 Å². The maximum atomic E-state index is 10.9. The average molecular weight is 199 g/mol. The molecule has 0 saturated carbocycles. The van der Waals surface area contributed by atoms with Crippen LogP contribution in [-0.2, 0) is 10.1 Å². The number of hydrogen-bond acceptors (Lipinski definition) is 2. The topological polar surface area (TPSA) is 54.4 Å². The van der Waals surface area contributed by atoms with Gasteiger partial charge in [0, 0.05) is 18.2 Å². The second kappa shape index (κ2) is 3.40. The van der Waals surface area contributed by atoms with Crippen LogP contribution in [-0.4, -0.2) is 13.0 Å². The number of allylic oxidation sites excluding steroid dienone is 3. The van der Waals surface area contributed by atoms with Gasteiger partial charge in [0.2, 0.25) is 0 Å². The summed E-state index contributed by atoms with van der Waals surface area (Å²) in [5.74, 6) is 0. The minimum atomic E-state index is -4.14. The third kappa shape index (κ3) is 2.02. The first kappa shape index (κ1) is 10.1. The Morgan fingerprint density at radius 1 is 1.62 bits per heavy atom. The van der Waals surface area contributed by atoms with E-state index in [4.69, 9.17) is 4.55 Å². The summed E-state index contributed by atoms with van der Waals surface area (Å²) in [5, 5.41) is -0.0579. The zero-order valence-electron chi connectivity index (χ0n) is 7.32. The van der Waals surface area contributed by atoms with Crippen molar-refractivity contribution in [1.29, 1.82) is 0 Å². The molecule has 0 heterocycles. The second-order valence-corrected chi connectivity index (χ2v) is 4.09. The lowest BCUT2D eigenvalue weighted by molar-refractivity contribution is 0.486. The standard InChI is InChI=1S/C9H10O3S/c1-3-8-6-4-5-7(2)9(8)13(10,11)12/h4-6H,2-3H2,1H3/p+1. The summed E-state index contributed by atoms with van der Waals surface area (Å²) in [5.41, 5.74) is 0.928. The Kier molecular flexibility index (Phi) is 2.63. The molecular weight excluding hydrogens is 188 g/mol. The van der Waals surface area contributed by atoms with Gasteiger partial charge in [-0.05, 0) is 13.0 Å². The van der Waals surface area contributed by atoms with Crippen LogP contribution in [0.25, 0.3) is 0 Å². The van der Waals surface area contributed by atoms with Gasteiger partial charge < -0.3 is 0 Å². The Balaban J connectivity index is 3.15. The van der Waals surface area contributed by atoms with Crippen LogP contribution in [0, 0.1) is 5.25 Å². The molecule has 0 aromatic carbocycles. The van der Waals surface area contributed by atoms with Crippen molar-refractivity contribution in [1.82, 2.24) is 0 Å². The minimum absolute atomic E-state index is 0.0579. The minimum Gasteiger partial charge on any atom is -0.274 e. The number of hydrogen-bond donors (Lipinski definition) is 1. The van der Waals surface area contributed by atoms with Gasteiger partial charge in [-0.1, -0.05) is 6.92 Å². The maximum absolute atomic E-state index is 10.9. The Bertz CT molecular complexity index is 374. The Labute approximate surface area is 78.2 Å². The number of rotatable bonds is 2. The van der Waals surface area contributed by atoms with Crippen LogP contribution < -0.4 is 0 Å². The van der Waals surface area contributed by atoms with Gasteiger partial charge >= 0.3 is 10.1 Å². The first-order chi connectivity index (χ1) is 5.96. The van der Waals surface area contributed by atoms with Crippen molar-refractivity contribution in [2.24, 2.45) is 0 Å². The van der Waals surface area contributed by atoms with E-state index in [-0.39, 0.29) is 5.25 Å². The van der Waals surface area contributed by atoms with Crippen molar-refractivity contribution in [2.75, 3.05) is 0 Å². The molecule has 0 unspecified atom stereocenters. The fourth-order valence-corrected chi connectivity index (χ4v) is 2.19. The molecule has 0 aromatic rings. The van der Waals surface area contributed by atoms with Crippen molar-refractivity contribution in [2.45, 2.75) is 13.3 Å². The molecule has 0 aliphatic heterocycles. The van der Waals surface area contributed by atoms with Crippen LogP contribution in [0.5, 0.6) is 0 Å². The molecule has 0 radical (unpaired) electrons. The van der Waals surface area contributed by atoms with E-state index >= 15 is 0 Å². The zero-order chi connectivity index (χ0) is 10.1. The highest BCUT2D eigenvalue weighted by Gasteiger charge is 2.36. The van der Waals surface area contributed by atoms with Crippen LogP contribution in [0.1, 0.15) is 13.3 Å². The van der Waals surface area contributed by atoms with E-state index in [1.807, 2.05) is 6.92 Å². The first-order valence-electron chi connectivity index (χ1n) is 3.88. The van der Waals surface area contributed by atoms with E-state index in [1.54, 1.807) is 18.2 Å². The molecule has 0 atom stereocenters. The Hall–Kier alpha value is -1.00. The van der Waals surface area contributed by atoms with E-state index < -0.39 is 10.1 Å². The highest BCUT2D eigenvalue weighted by Crippen LogP contribution is 2.32. The fourth-order valence-electron chi connectivity index (χ4n) is 1.25. The zero-order valence-corrected chi connectivity index (χ0v) is 8.13. The molecule has 0 spiro atoms. The molecule has 4 heteroatoms. The molecule has 1 N–H and O–H groups in total. The van der Waals surface area contributed by atoms with Crippen LogP contribution in [0.15, 0.2) is 36.0 Å². The van der Waals surface area contributed by atoms with Crippen LogP contribution >= 0.6 is 0 Å². The van der Waals surface area contributed by atoms with Gasteiger partial charge in [-0.3, -0.25) is 4.55 Å².